The van der Waals surface area contributed by atoms with Crippen molar-refractivity contribution in [2.45, 2.75) is 13.3 Å². The molecule has 23 heavy (non-hydrogen) atoms. The number of carboxylic acids is 1. The van der Waals surface area contributed by atoms with Gasteiger partial charge in [-0.3, -0.25) is 0 Å². The van der Waals surface area contributed by atoms with E-state index in [0.717, 1.165) is 11.3 Å². The second kappa shape index (κ2) is 8.08. The molecule has 0 bridgehead atoms. The number of rotatable bonds is 8. The summed E-state index contributed by atoms with van der Waals surface area (Å²) in [4.78, 5) is 10.8. The van der Waals surface area contributed by atoms with Crippen molar-refractivity contribution < 1.29 is 24.1 Å². The number of carboxylic acid groups (broad SMARTS) is 1. The molecule has 2 rings (SSSR count). The van der Waals surface area contributed by atoms with Gasteiger partial charge < -0.3 is 19.3 Å². The van der Waals surface area contributed by atoms with E-state index in [2.05, 4.69) is 0 Å². The van der Waals surface area contributed by atoms with Crippen molar-refractivity contribution in [2.75, 3.05) is 20.3 Å². The first-order chi connectivity index (χ1) is 11.1. The van der Waals surface area contributed by atoms with Crippen LogP contribution in [0.5, 0.6) is 17.2 Å². The molecule has 0 fully saturated rings. The molecule has 0 saturated carbocycles. The zero-order chi connectivity index (χ0) is 16.7. The first-order valence-corrected chi connectivity index (χ1v) is 7.34. The fraction of sp³-hybridized carbons (Fsp3) is 0.278. The minimum absolute atomic E-state index is 0.243. The number of hydrogen-bond donors (Lipinski definition) is 1. The molecule has 0 heterocycles. The summed E-state index contributed by atoms with van der Waals surface area (Å²) in [6.45, 7) is 2.99. The van der Waals surface area contributed by atoms with Gasteiger partial charge in [-0.2, -0.15) is 0 Å². The molecule has 0 radical (unpaired) electrons. The maximum Gasteiger partial charge on any atom is 0.335 e. The van der Waals surface area contributed by atoms with Gasteiger partial charge in [0.15, 0.2) is 11.5 Å². The van der Waals surface area contributed by atoms with Crippen LogP contribution in [0, 0.1) is 6.92 Å². The van der Waals surface area contributed by atoms with Crippen LogP contribution in [0.15, 0.2) is 42.5 Å². The fourth-order valence-corrected chi connectivity index (χ4v) is 2.02. The number of aryl methyl sites for hydroxylation is 1. The third-order valence-electron chi connectivity index (χ3n) is 3.24. The van der Waals surface area contributed by atoms with Crippen molar-refractivity contribution in [1.82, 2.24) is 0 Å². The highest BCUT2D eigenvalue weighted by Gasteiger charge is 2.05. The van der Waals surface area contributed by atoms with E-state index in [0.29, 0.717) is 31.1 Å². The van der Waals surface area contributed by atoms with E-state index < -0.39 is 5.97 Å². The van der Waals surface area contributed by atoms with Crippen LogP contribution in [-0.4, -0.2) is 31.4 Å². The Labute approximate surface area is 135 Å². The van der Waals surface area contributed by atoms with E-state index in [1.54, 1.807) is 19.2 Å². The van der Waals surface area contributed by atoms with Gasteiger partial charge in [0, 0.05) is 6.42 Å². The molecule has 122 valence electrons. The molecule has 0 atom stereocenters. The summed E-state index contributed by atoms with van der Waals surface area (Å²) in [5, 5.41) is 8.82. The Morgan fingerprint density at radius 1 is 1.00 bits per heavy atom. The lowest BCUT2D eigenvalue weighted by molar-refractivity contribution is 0.0697. The average molecular weight is 316 g/mol. The molecule has 5 nitrogen and oxygen atoms in total. The first kappa shape index (κ1) is 16.7. The number of benzene rings is 2. The minimum Gasteiger partial charge on any atom is -0.493 e. The lowest BCUT2D eigenvalue weighted by atomic mass is 10.2. The molecule has 0 aromatic heterocycles. The molecule has 2 aromatic rings. The van der Waals surface area contributed by atoms with E-state index in [4.69, 9.17) is 19.3 Å². The molecule has 0 spiro atoms. The van der Waals surface area contributed by atoms with Crippen molar-refractivity contribution >= 4 is 5.97 Å². The second-order valence-corrected chi connectivity index (χ2v) is 5.03. The smallest absolute Gasteiger partial charge is 0.335 e. The van der Waals surface area contributed by atoms with Gasteiger partial charge in [0.2, 0.25) is 0 Å². The van der Waals surface area contributed by atoms with Gasteiger partial charge in [-0.15, -0.1) is 0 Å². The predicted molar refractivity (Wildman–Crippen MR) is 86.7 cm³/mol. The van der Waals surface area contributed by atoms with E-state index in [9.17, 15) is 4.79 Å². The second-order valence-electron chi connectivity index (χ2n) is 5.03. The van der Waals surface area contributed by atoms with Crippen molar-refractivity contribution in [3.8, 4) is 17.2 Å². The molecule has 2 aromatic carbocycles. The Hall–Kier alpha value is -2.69. The van der Waals surface area contributed by atoms with E-state index in [1.165, 1.54) is 12.1 Å². The largest absolute Gasteiger partial charge is 0.493 e. The Morgan fingerprint density at radius 2 is 1.70 bits per heavy atom. The third kappa shape index (κ3) is 4.92. The summed E-state index contributed by atoms with van der Waals surface area (Å²) >= 11 is 0. The third-order valence-corrected chi connectivity index (χ3v) is 3.24. The van der Waals surface area contributed by atoms with Crippen LogP contribution >= 0.6 is 0 Å². The number of hydrogen-bond acceptors (Lipinski definition) is 4. The highest BCUT2D eigenvalue weighted by molar-refractivity contribution is 5.87. The lowest BCUT2D eigenvalue weighted by Gasteiger charge is -2.11. The maximum atomic E-state index is 10.8. The number of methoxy groups -OCH3 is 1. The van der Waals surface area contributed by atoms with Crippen molar-refractivity contribution in [3.63, 3.8) is 0 Å². The predicted octanol–water partition coefficient (Wildman–Crippen LogP) is 3.55. The minimum atomic E-state index is -0.947. The summed E-state index contributed by atoms with van der Waals surface area (Å²) in [6, 6.07) is 12.1. The lowest BCUT2D eigenvalue weighted by Crippen LogP contribution is -2.06. The molecule has 0 amide bonds. The van der Waals surface area contributed by atoms with Gasteiger partial charge in [-0.05, 0) is 48.9 Å². The van der Waals surface area contributed by atoms with Gasteiger partial charge in [-0.25, -0.2) is 4.79 Å². The van der Waals surface area contributed by atoms with Crippen molar-refractivity contribution in [2.24, 2.45) is 0 Å². The number of ether oxygens (including phenoxy) is 3. The van der Waals surface area contributed by atoms with Gasteiger partial charge in [0.1, 0.15) is 5.75 Å². The van der Waals surface area contributed by atoms with Crippen LogP contribution in [-0.2, 0) is 0 Å². The molecule has 5 heteroatoms. The van der Waals surface area contributed by atoms with Gasteiger partial charge in [-0.1, -0.05) is 6.07 Å². The molecular formula is C18H20O5. The normalized spacial score (nSPS) is 10.2. The molecule has 0 aliphatic rings. The molecule has 0 aliphatic carbocycles. The van der Waals surface area contributed by atoms with Crippen LogP contribution in [0.3, 0.4) is 0 Å². The fourth-order valence-electron chi connectivity index (χ4n) is 2.02. The van der Waals surface area contributed by atoms with E-state index >= 15 is 0 Å². The SMILES string of the molecule is COc1cc(C)ccc1OCCCOc1ccc(C(=O)O)cc1. The first-order valence-electron chi connectivity index (χ1n) is 7.34. The van der Waals surface area contributed by atoms with Crippen LogP contribution < -0.4 is 14.2 Å². The van der Waals surface area contributed by atoms with Crippen LogP contribution in [0.1, 0.15) is 22.3 Å². The molecule has 0 unspecified atom stereocenters. The van der Waals surface area contributed by atoms with E-state index in [-0.39, 0.29) is 5.56 Å². The summed E-state index contributed by atoms with van der Waals surface area (Å²) in [5.74, 6) is 1.12. The monoisotopic (exact) mass is 316 g/mol. The standard InChI is InChI=1S/C18H20O5/c1-13-4-9-16(17(12-13)21-2)23-11-3-10-22-15-7-5-14(6-8-15)18(19)20/h4-9,12H,3,10-11H2,1-2H3,(H,19,20). The zero-order valence-corrected chi connectivity index (χ0v) is 13.2. The van der Waals surface area contributed by atoms with Gasteiger partial charge in [0.25, 0.3) is 0 Å². The van der Waals surface area contributed by atoms with Crippen molar-refractivity contribution in [1.29, 1.82) is 0 Å². The Morgan fingerprint density at radius 3 is 2.35 bits per heavy atom. The Kier molecular flexibility index (Phi) is 5.86. The van der Waals surface area contributed by atoms with E-state index in [1.807, 2.05) is 25.1 Å². The van der Waals surface area contributed by atoms with Crippen molar-refractivity contribution in [3.05, 3.63) is 53.6 Å². The zero-order valence-electron chi connectivity index (χ0n) is 13.2. The van der Waals surface area contributed by atoms with Crippen LogP contribution in [0.4, 0.5) is 0 Å². The summed E-state index contributed by atoms with van der Waals surface area (Å²) < 4.78 is 16.5. The maximum absolute atomic E-state index is 10.8. The number of carbonyl (C=O) groups is 1. The highest BCUT2D eigenvalue weighted by atomic mass is 16.5. The summed E-state index contributed by atoms with van der Waals surface area (Å²) in [7, 11) is 1.62. The summed E-state index contributed by atoms with van der Waals surface area (Å²) in [6.07, 6.45) is 0.706. The quantitative estimate of drug-likeness (QED) is 0.755. The number of aromatic carboxylic acids is 1. The van der Waals surface area contributed by atoms with Gasteiger partial charge in [0.05, 0.1) is 25.9 Å². The Bertz CT molecular complexity index is 649. The topological polar surface area (TPSA) is 65.0 Å². The molecule has 0 aliphatic heterocycles. The average Bonchev–Trinajstić information content (AvgIpc) is 2.56. The molecule has 0 saturated heterocycles. The van der Waals surface area contributed by atoms with Gasteiger partial charge >= 0.3 is 5.97 Å². The molecular weight excluding hydrogens is 296 g/mol. The van der Waals surface area contributed by atoms with Crippen LogP contribution in [0.2, 0.25) is 0 Å². The molecule has 1 N–H and O–H groups in total. The van der Waals surface area contributed by atoms with Crippen LogP contribution in [0.25, 0.3) is 0 Å². The highest BCUT2D eigenvalue weighted by Crippen LogP contribution is 2.27. The Balaban J connectivity index is 1.74. The summed E-state index contributed by atoms with van der Waals surface area (Å²) in [5.41, 5.74) is 1.36.